The molecule has 0 unspecified atom stereocenters. The fourth-order valence-corrected chi connectivity index (χ4v) is 1.17. The number of nitro benzene ring substituents is 1. The van der Waals surface area contributed by atoms with E-state index >= 15 is 0 Å². The largest absolute Gasteiger partial charge is 0.474 e. The number of fused-ring (bicyclic) bond motifs is 1. The van der Waals surface area contributed by atoms with Gasteiger partial charge in [0.25, 0.3) is 0 Å². The molecule has 2 rings (SSSR count). The molecule has 0 atom stereocenters. The normalized spacial score (nSPS) is 10.4. The smallest absolute Gasteiger partial charge is 0.392 e. The van der Waals surface area contributed by atoms with Crippen molar-refractivity contribution in [2.24, 2.45) is 0 Å². The summed E-state index contributed by atoms with van der Waals surface area (Å²) in [4.78, 5) is 24.0. The minimum atomic E-state index is -1.36. The summed E-state index contributed by atoms with van der Waals surface area (Å²) < 4.78 is 4.77. The highest BCUT2D eigenvalue weighted by molar-refractivity contribution is 5.89. The number of para-hydroxylation sites is 1. The molecular weight excluding hydrogens is 204 g/mol. The fourth-order valence-electron chi connectivity index (χ4n) is 1.17. The number of non-ortho nitro benzene ring substituents is 1. The molecule has 1 aromatic carbocycles. The third-order valence-electron chi connectivity index (χ3n) is 1.77. The minimum absolute atomic E-state index is 0.125. The Morgan fingerprint density at radius 3 is 2.87 bits per heavy atom. The zero-order chi connectivity index (χ0) is 11.0. The summed E-state index contributed by atoms with van der Waals surface area (Å²) in [5.74, 6) is -1.92. The molecule has 7 heteroatoms. The SMILES string of the molecule is O=C(O)c1nc2cccc([N+](=O)[O-])c2o1. The first-order chi connectivity index (χ1) is 7.09. The van der Waals surface area contributed by atoms with Gasteiger partial charge in [0.1, 0.15) is 5.52 Å². The molecule has 1 aromatic heterocycles. The monoisotopic (exact) mass is 208 g/mol. The zero-order valence-electron chi connectivity index (χ0n) is 7.21. The number of nitrogens with zero attached hydrogens (tertiary/aromatic N) is 2. The van der Waals surface area contributed by atoms with Crippen molar-refractivity contribution in [3.63, 3.8) is 0 Å². The van der Waals surface area contributed by atoms with Crippen molar-refractivity contribution < 1.29 is 19.2 Å². The lowest BCUT2D eigenvalue weighted by Crippen LogP contribution is -1.94. The van der Waals surface area contributed by atoms with E-state index in [2.05, 4.69) is 4.98 Å². The average Bonchev–Trinajstić information content (AvgIpc) is 2.60. The van der Waals surface area contributed by atoms with Crippen molar-refractivity contribution in [3.8, 4) is 0 Å². The Morgan fingerprint density at radius 2 is 2.27 bits per heavy atom. The Bertz CT molecular complexity index is 559. The van der Waals surface area contributed by atoms with Gasteiger partial charge in [-0.1, -0.05) is 6.07 Å². The fraction of sp³-hybridized carbons (Fsp3) is 0. The number of hydrogen-bond acceptors (Lipinski definition) is 5. The molecule has 0 aliphatic carbocycles. The molecule has 2 aromatic rings. The number of carboxylic acid groups (broad SMARTS) is 1. The van der Waals surface area contributed by atoms with Crippen LogP contribution in [0, 0.1) is 10.1 Å². The van der Waals surface area contributed by atoms with Gasteiger partial charge in [0.15, 0.2) is 0 Å². The maximum Gasteiger partial charge on any atom is 0.392 e. The molecule has 0 saturated heterocycles. The van der Waals surface area contributed by atoms with Crippen LogP contribution in [-0.2, 0) is 0 Å². The molecule has 0 bridgehead atoms. The minimum Gasteiger partial charge on any atom is -0.474 e. The van der Waals surface area contributed by atoms with Gasteiger partial charge in [0.2, 0.25) is 5.58 Å². The lowest BCUT2D eigenvalue weighted by molar-refractivity contribution is -0.383. The molecule has 0 amide bonds. The molecule has 0 radical (unpaired) electrons. The summed E-state index contributed by atoms with van der Waals surface area (Å²) in [7, 11) is 0. The van der Waals surface area contributed by atoms with E-state index in [1.54, 1.807) is 0 Å². The zero-order valence-corrected chi connectivity index (χ0v) is 7.21. The second-order valence-corrected chi connectivity index (χ2v) is 2.71. The number of benzene rings is 1. The summed E-state index contributed by atoms with van der Waals surface area (Å²) in [6, 6.07) is 4.08. The molecule has 15 heavy (non-hydrogen) atoms. The number of oxazole rings is 1. The second kappa shape index (κ2) is 3.05. The number of aromatic carboxylic acids is 1. The van der Waals surface area contributed by atoms with Crippen molar-refractivity contribution in [3.05, 3.63) is 34.2 Å². The van der Waals surface area contributed by atoms with Gasteiger partial charge in [-0.2, -0.15) is 0 Å². The van der Waals surface area contributed by atoms with Crippen LogP contribution in [0.1, 0.15) is 10.7 Å². The number of nitro groups is 1. The van der Waals surface area contributed by atoms with Gasteiger partial charge < -0.3 is 9.52 Å². The van der Waals surface area contributed by atoms with Gasteiger partial charge in [0.05, 0.1) is 4.92 Å². The van der Waals surface area contributed by atoms with E-state index in [9.17, 15) is 14.9 Å². The van der Waals surface area contributed by atoms with E-state index in [1.807, 2.05) is 0 Å². The van der Waals surface area contributed by atoms with Gasteiger partial charge in [0, 0.05) is 6.07 Å². The van der Waals surface area contributed by atoms with Gasteiger partial charge in [-0.3, -0.25) is 10.1 Å². The molecule has 0 aliphatic heterocycles. The first kappa shape index (κ1) is 9.13. The molecule has 7 nitrogen and oxygen atoms in total. The summed E-state index contributed by atoms with van der Waals surface area (Å²) >= 11 is 0. The van der Waals surface area contributed by atoms with Gasteiger partial charge in [-0.15, -0.1) is 0 Å². The summed E-state index contributed by atoms with van der Waals surface area (Å²) in [6.45, 7) is 0. The van der Waals surface area contributed by atoms with Crippen LogP contribution in [0.3, 0.4) is 0 Å². The van der Waals surface area contributed by atoms with Gasteiger partial charge >= 0.3 is 17.5 Å². The van der Waals surface area contributed by atoms with E-state index in [0.717, 1.165) is 0 Å². The Kier molecular flexibility index (Phi) is 1.86. The molecule has 0 fully saturated rings. The molecule has 1 heterocycles. The van der Waals surface area contributed by atoms with Crippen molar-refractivity contribution in [1.29, 1.82) is 0 Å². The summed E-state index contributed by atoms with van der Waals surface area (Å²) in [5, 5.41) is 19.2. The van der Waals surface area contributed by atoms with Gasteiger partial charge in [-0.25, -0.2) is 9.78 Å². The Hall–Kier alpha value is -2.44. The van der Waals surface area contributed by atoms with Crippen molar-refractivity contribution >= 4 is 22.8 Å². The van der Waals surface area contributed by atoms with Crippen LogP contribution in [0.25, 0.3) is 11.1 Å². The van der Waals surface area contributed by atoms with Crippen molar-refractivity contribution in [1.82, 2.24) is 4.98 Å². The Balaban J connectivity index is 2.75. The van der Waals surface area contributed by atoms with Crippen molar-refractivity contribution in [2.75, 3.05) is 0 Å². The average molecular weight is 208 g/mol. The van der Waals surface area contributed by atoms with E-state index < -0.39 is 16.8 Å². The van der Waals surface area contributed by atoms with Crippen LogP contribution in [0.2, 0.25) is 0 Å². The molecule has 1 N–H and O–H groups in total. The number of carboxylic acids is 1. The van der Waals surface area contributed by atoms with Crippen LogP contribution in [0.4, 0.5) is 5.69 Å². The van der Waals surface area contributed by atoms with Crippen LogP contribution in [0.15, 0.2) is 22.6 Å². The number of hydrogen-bond donors (Lipinski definition) is 1. The van der Waals surface area contributed by atoms with Gasteiger partial charge in [-0.05, 0) is 6.07 Å². The Morgan fingerprint density at radius 1 is 1.53 bits per heavy atom. The number of aromatic nitrogens is 1. The quantitative estimate of drug-likeness (QED) is 0.590. The maximum absolute atomic E-state index is 10.6. The topological polar surface area (TPSA) is 106 Å². The van der Waals surface area contributed by atoms with E-state index in [4.69, 9.17) is 9.52 Å². The molecule has 0 aliphatic rings. The van der Waals surface area contributed by atoms with Crippen LogP contribution in [0.5, 0.6) is 0 Å². The van der Waals surface area contributed by atoms with E-state index in [1.165, 1.54) is 18.2 Å². The number of rotatable bonds is 2. The summed E-state index contributed by atoms with van der Waals surface area (Å²) in [5.41, 5.74) is -0.269. The third-order valence-corrected chi connectivity index (χ3v) is 1.77. The number of carbonyl (C=O) groups is 1. The lowest BCUT2D eigenvalue weighted by Gasteiger charge is -1.89. The standard InChI is InChI=1S/C8H4N2O5/c11-8(12)7-9-4-2-1-3-5(10(13)14)6(4)15-7/h1-3H,(H,11,12). The first-order valence-corrected chi connectivity index (χ1v) is 3.87. The highest BCUT2D eigenvalue weighted by Gasteiger charge is 2.20. The molecule has 76 valence electrons. The lowest BCUT2D eigenvalue weighted by atomic mass is 10.3. The van der Waals surface area contributed by atoms with Crippen LogP contribution in [-0.4, -0.2) is 21.0 Å². The third kappa shape index (κ3) is 1.39. The van der Waals surface area contributed by atoms with E-state index in [0.29, 0.717) is 0 Å². The molecular formula is C8H4N2O5. The van der Waals surface area contributed by atoms with Crippen molar-refractivity contribution in [2.45, 2.75) is 0 Å². The predicted octanol–water partition coefficient (Wildman–Crippen LogP) is 1.43. The molecule has 0 saturated carbocycles. The van der Waals surface area contributed by atoms with Crippen LogP contribution >= 0.6 is 0 Å². The van der Waals surface area contributed by atoms with Crippen LogP contribution < -0.4 is 0 Å². The van der Waals surface area contributed by atoms with E-state index in [-0.39, 0.29) is 16.8 Å². The molecule has 0 spiro atoms. The Labute approximate surface area is 82.1 Å². The predicted molar refractivity (Wildman–Crippen MR) is 47.6 cm³/mol. The maximum atomic E-state index is 10.6. The highest BCUT2D eigenvalue weighted by atomic mass is 16.6. The highest BCUT2D eigenvalue weighted by Crippen LogP contribution is 2.25. The summed E-state index contributed by atoms with van der Waals surface area (Å²) in [6.07, 6.45) is 0. The first-order valence-electron chi connectivity index (χ1n) is 3.87. The second-order valence-electron chi connectivity index (χ2n) is 2.71.